The Morgan fingerprint density at radius 2 is 1.75 bits per heavy atom. The number of hydrogen-bond donors (Lipinski definition) is 1. The molecule has 3 heteroatoms. The van der Waals surface area contributed by atoms with Gasteiger partial charge in [0, 0.05) is 29.3 Å². The third-order valence-corrected chi connectivity index (χ3v) is 4.15. The molecule has 0 bridgehead atoms. The minimum absolute atomic E-state index is 0.486. The minimum Gasteiger partial charge on any atom is -0.399 e. The highest BCUT2D eigenvalue weighted by Gasteiger charge is 2.12. The molecule has 0 unspecified atom stereocenters. The van der Waals surface area contributed by atoms with Gasteiger partial charge < -0.3 is 5.73 Å². The fourth-order valence-corrected chi connectivity index (χ4v) is 2.67. The lowest BCUT2D eigenvalue weighted by atomic mass is 10.1. The van der Waals surface area contributed by atoms with Crippen LogP contribution in [-0.4, -0.2) is 10.9 Å². The molecule has 0 heterocycles. The fraction of sp³-hybridized carbons (Fsp3) is 0.294. The Kier molecular flexibility index (Phi) is 5.21. The molecular formula is C17H21BrN2. The zero-order chi connectivity index (χ0) is 14.5. The average Bonchev–Trinajstić information content (AvgIpc) is 2.42. The van der Waals surface area contributed by atoms with E-state index < -0.39 is 0 Å². The molecule has 0 spiro atoms. The van der Waals surface area contributed by atoms with Crippen LogP contribution in [-0.2, 0) is 13.1 Å². The summed E-state index contributed by atoms with van der Waals surface area (Å²) in [6.07, 6.45) is 0. The van der Waals surface area contributed by atoms with E-state index in [4.69, 9.17) is 5.73 Å². The van der Waals surface area contributed by atoms with Gasteiger partial charge in [0.15, 0.2) is 0 Å². The van der Waals surface area contributed by atoms with Crippen molar-refractivity contribution in [2.24, 2.45) is 0 Å². The summed E-state index contributed by atoms with van der Waals surface area (Å²) in [6, 6.07) is 17.1. The molecule has 2 N–H and O–H groups in total. The van der Waals surface area contributed by atoms with Gasteiger partial charge in [0.2, 0.25) is 0 Å². The first-order valence-electron chi connectivity index (χ1n) is 6.88. The van der Waals surface area contributed by atoms with Crippen molar-refractivity contribution in [2.45, 2.75) is 33.0 Å². The first-order chi connectivity index (χ1) is 9.56. The zero-order valence-electron chi connectivity index (χ0n) is 12.0. The minimum atomic E-state index is 0.486. The molecule has 106 valence electrons. The topological polar surface area (TPSA) is 29.3 Å². The second-order valence-electron chi connectivity index (χ2n) is 5.34. The molecule has 0 saturated carbocycles. The summed E-state index contributed by atoms with van der Waals surface area (Å²) in [6.45, 7) is 6.32. The highest BCUT2D eigenvalue weighted by Crippen LogP contribution is 2.23. The third kappa shape index (κ3) is 4.09. The highest BCUT2D eigenvalue weighted by molar-refractivity contribution is 9.10. The Bertz CT molecular complexity index is 552. The van der Waals surface area contributed by atoms with Crippen LogP contribution in [0.5, 0.6) is 0 Å². The molecule has 20 heavy (non-hydrogen) atoms. The highest BCUT2D eigenvalue weighted by atomic mass is 79.9. The first kappa shape index (κ1) is 15.1. The molecule has 0 aliphatic rings. The number of nitrogen functional groups attached to an aromatic ring is 1. The summed E-state index contributed by atoms with van der Waals surface area (Å²) in [5.74, 6) is 0. The number of anilines is 1. The predicted molar refractivity (Wildman–Crippen MR) is 89.4 cm³/mol. The van der Waals surface area contributed by atoms with Gasteiger partial charge in [-0.2, -0.15) is 0 Å². The molecular weight excluding hydrogens is 312 g/mol. The van der Waals surface area contributed by atoms with E-state index in [0.29, 0.717) is 6.04 Å². The van der Waals surface area contributed by atoms with Gasteiger partial charge in [0.05, 0.1) is 0 Å². The van der Waals surface area contributed by atoms with Crippen molar-refractivity contribution in [3.8, 4) is 0 Å². The summed E-state index contributed by atoms with van der Waals surface area (Å²) >= 11 is 3.60. The standard InChI is InChI=1S/C17H21BrN2/c1-13(2)20(11-14-6-4-3-5-7-14)12-15-8-9-16(19)10-17(15)18/h3-10,13H,11-12,19H2,1-2H3. The molecule has 0 amide bonds. The lowest BCUT2D eigenvalue weighted by Gasteiger charge is -2.27. The maximum atomic E-state index is 5.80. The van der Waals surface area contributed by atoms with Crippen molar-refractivity contribution in [3.63, 3.8) is 0 Å². The summed E-state index contributed by atoms with van der Waals surface area (Å²) in [5, 5.41) is 0. The smallest absolute Gasteiger partial charge is 0.0325 e. The van der Waals surface area contributed by atoms with Crippen LogP contribution in [0.4, 0.5) is 5.69 Å². The Morgan fingerprint density at radius 1 is 1.05 bits per heavy atom. The molecule has 2 rings (SSSR count). The maximum absolute atomic E-state index is 5.80. The van der Waals surface area contributed by atoms with E-state index in [0.717, 1.165) is 23.2 Å². The van der Waals surface area contributed by atoms with Crippen molar-refractivity contribution in [1.82, 2.24) is 4.90 Å². The molecule has 2 nitrogen and oxygen atoms in total. The van der Waals surface area contributed by atoms with Gasteiger partial charge >= 0.3 is 0 Å². The van der Waals surface area contributed by atoms with Gasteiger partial charge in [0.1, 0.15) is 0 Å². The van der Waals surface area contributed by atoms with Crippen LogP contribution in [0.15, 0.2) is 53.0 Å². The molecule has 0 aliphatic heterocycles. The van der Waals surface area contributed by atoms with Gasteiger partial charge in [-0.15, -0.1) is 0 Å². The quantitative estimate of drug-likeness (QED) is 0.820. The summed E-state index contributed by atoms with van der Waals surface area (Å²) in [4.78, 5) is 2.45. The monoisotopic (exact) mass is 332 g/mol. The predicted octanol–water partition coefficient (Wildman–Crippen LogP) is 4.44. The van der Waals surface area contributed by atoms with E-state index in [9.17, 15) is 0 Å². The van der Waals surface area contributed by atoms with E-state index in [1.165, 1.54) is 11.1 Å². The van der Waals surface area contributed by atoms with E-state index in [-0.39, 0.29) is 0 Å². The lowest BCUT2D eigenvalue weighted by molar-refractivity contribution is 0.203. The number of halogens is 1. The Balaban J connectivity index is 2.13. The van der Waals surface area contributed by atoms with Crippen LogP contribution in [0, 0.1) is 0 Å². The number of rotatable bonds is 5. The number of nitrogens with zero attached hydrogens (tertiary/aromatic N) is 1. The number of hydrogen-bond acceptors (Lipinski definition) is 2. The lowest BCUT2D eigenvalue weighted by Crippen LogP contribution is -2.29. The van der Waals surface area contributed by atoms with Crippen molar-refractivity contribution in [3.05, 3.63) is 64.1 Å². The zero-order valence-corrected chi connectivity index (χ0v) is 13.6. The second kappa shape index (κ2) is 6.91. The Morgan fingerprint density at radius 3 is 2.35 bits per heavy atom. The molecule has 0 aliphatic carbocycles. The molecule has 0 radical (unpaired) electrons. The SMILES string of the molecule is CC(C)N(Cc1ccccc1)Cc1ccc(N)cc1Br. The molecule has 2 aromatic rings. The van der Waals surface area contributed by atoms with Crippen LogP contribution >= 0.6 is 15.9 Å². The number of nitrogens with two attached hydrogens (primary N) is 1. The molecule has 2 aromatic carbocycles. The van der Waals surface area contributed by atoms with E-state index >= 15 is 0 Å². The Hall–Kier alpha value is -1.32. The van der Waals surface area contributed by atoms with Crippen LogP contribution in [0.25, 0.3) is 0 Å². The summed E-state index contributed by atoms with van der Waals surface area (Å²) < 4.78 is 1.08. The Labute approximate surface area is 129 Å². The second-order valence-corrected chi connectivity index (χ2v) is 6.19. The summed E-state index contributed by atoms with van der Waals surface area (Å²) in [5.41, 5.74) is 9.20. The van der Waals surface area contributed by atoms with E-state index in [2.05, 4.69) is 71.1 Å². The molecule has 0 atom stereocenters. The fourth-order valence-electron chi connectivity index (χ4n) is 2.15. The van der Waals surface area contributed by atoms with Gasteiger partial charge in [0.25, 0.3) is 0 Å². The normalized spacial score (nSPS) is 11.2. The largest absolute Gasteiger partial charge is 0.399 e. The van der Waals surface area contributed by atoms with Crippen LogP contribution < -0.4 is 5.73 Å². The van der Waals surface area contributed by atoms with Crippen molar-refractivity contribution in [2.75, 3.05) is 5.73 Å². The van der Waals surface area contributed by atoms with Crippen molar-refractivity contribution in [1.29, 1.82) is 0 Å². The first-order valence-corrected chi connectivity index (χ1v) is 7.67. The van der Waals surface area contributed by atoms with Crippen LogP contribution in [0.2, 0.25) is 0 Å². The van der Waals surface area contributed by atoms with Crippen LogP contribution in [0.1, 0.15) is 25.0 Å². The maximum Gasteiger partial charge on any atom is 0.0325 e. The molecule has 0 aromatic heterocycles. The third-order valence-electron chi connectivity index (χ3n) is 3.41. The molecule has 0 saturated heterocycles. The van der Waals surface area contributed by atoms with E-state index in [1.54, 1.807) is 0 Å². The van der Waals surface area contributed by atoms with Crippen molar-refractivity contribution < 1.29 is 0 Å². The number of benzene rings is 2. The van der Waals surface area contributed by atoms with Crippen LogP contribution in [0.3, 0.4) is 0 Å². The van der Waals surface area contributed by atoms with Gasteiger partial charge in [-0.25, -0.2) is 0 Å². The van der Waals surface area contributed by atoms with Gasteiger partial charge in [-0.3, -0.25) is 4.90 Å². The average molecular weight is 333 g/mol. The van der Waals surface area contributed by atoms with E-state index in [1.807, 2.05) is 12.1 Å². The summed E-state index contributed by atoms with van der Waals surface area (Å²) in [7, 11) is 0. The van der Waals surface area contributed by atoms with Gasteiger partial charge in [-0.1, -0.05) is 52.3 Å². The van der Waals surface area contributed by atoms with Crippen molar-refractivity contribution >= 4 is 21.6 Å². The molecule has 0 fully saturated rings. The van der Waals surface area contributed by atoms with Gasteiger partial charge in [-0.05, 0) is 37.1 Å².